The van der Waals surface area contributed by atoms with Crippen LogP contribution in [0.4, 0.5) is 0 Å². The van der Waals surface area contributed by atoms with Crippen LogP contribution in [-0.4, -0.2) is 12.9 Å². The fourth-order valence-electron chi connectivity index (χ4n) is 1.73. The molecule has 0 bridgehead atoms. The van der Waals surface area contributed by atoms with E-state index in [4.69, 9.17) is 16.3 Å². The molecule has 0 fully saturated rings. The van der Waals surface area contributed by atoms with E-state index in [0.29, 0.717) is 16.1 Å². The number of benzene rings is 2. The molecule has 0 saturated heterocycles. The second kappa shape index (κ2) is 5.23. The Hall–Kier alpha value is -1.80. The predicted octanol–water partition coefficient (Wildman–Crippen LogP) is 3.89. The van der Waals surface area contributed by atoms with Gasteiger partial charge in [-0.15, -0.1) is 0 Å². The maximum Gasteiger partial charge on any atom is 0.193 e. The lowest BCUT2D eigenvalue weighted by Crippen LogP contribution is -2.02. The number of ketones is 1. The summed E-state index contributed by atoms with van der Waals surface area (Å²) in [6, 6.07) is 12.3. The van der Waals surface area contributed by atoms with Crippen molar-refractivity contribution in [2.24, 2.45) is 0 Å². The number of halogens is 1. The van der Waals surface area contributed by atoms with Gasteiger partial charge in [0, 0.05) is 16.1 Å². The highest BCUT2D eigenvalue weighted by molar-refractivity contribution is 6.30. The molecule has 0 aliphatic carbocycles. The predicted molar refractivity (Wildman–Crippen MR) is 72.6 cm³/mol. The zero-order chi connectivity index (χ0) is 13.1. The van der Waals surface area contributed by atoms with Gasteiger partial charge in [0.25, 0.3) is 0 Å². The van der Waals surface area contributed by atoms with E-state index in [1.54, 1.807) is 43.5 Å². The summed E-state index contributed by atoms with van der Waals surface area (Å²) in [5.41, 5.74) is 2.23. The summed E-state index contributed by atoms with van der Waals surface area (Å²) in [7, 11) is 1.60. The van der Waals surface area contributed by atoms with E-state index in [0.717, 1.165) is 11.3 Å². The van der Waals surface area contributed by atoms with E-state index in [1.807, 2.05) is 13.0 Å². The van der Waals surface area contributed by atoms with Crippen molar-refractivity contribution in [3.05, 3.63) is 64.2 Å². The van der Waals surface area contributed by atoms with Crippen LogP contribution in [0, 0.1) is 6.92 Å². The lowest BCUT2D eigenvalue weighted by Gasteiger charge is -2.07. The number of methoxy groups -OCH3 is 1. The van der Waals surface area contributed by atoms with Crippen LogP contribution in [0.25, 0.3) is 0 Å². The molecule has 0 spiro atoms. The standard InChI is InChI=1S/C15H13ClO2/c1-10-3-4-12(9-14(10)18-2)15(17)11-5-7-13(16)8-6-11/h3-9H,1-2H3. The van der Waals surface area contributed by atoms with Crippen LogP contribution in [0.2, 0.25) is 5.02 Å². The van der Waals surface area contributed by atoms with Crippen molar-refractivity contribution in [3.8, 4) is 5.75 Å². The van der Waals surface area contributed by atoms with Gasteiger partial charge in [-0.1, -0.05) is 23.7 Å². The summed E-state index contributed by atoms with van der Waals surface area (Å²) in [4.78, 5) is 12.2. The molecule has 2 aromatic carbocycles. The first-order valence-electron chi connectivity index (χ1n) is 5.56. The highest BCUT2D eigenvalue weighted by Crippen LogP contribution is 2.21. The largest absolute Gasteiger partial charge is 0.496 e. The van der Waals surface area contributed by atoms with E-state index in [-0.39, 0.29) is 5.78 Å². The Balaban J connectivity index is 2.37. The van der Waals surface area contributed by atoms with Crippen LogP contribution < -0.4 is 4.74 Å². The Morgan fingerprint density at radius 2 is 1.67 bits per heavy atom. The summed E-state index contributed by atoms with van der Waals surface area (Å²) < 4.78 is 5.22. The van der Waals surface area contributed by atoms with Gasteiger partial charge in [-0.05, 0) is 42.8 Å². The molecule has 18 heavy (non-hydrogen) atoms. The van der Waals surface area contributed by atoms with E-state index >= 15 is 0 Å². The number of rotatable bonds is 3. The molecule has 0 unspecified atom stereocenters. The Morgan fingerprint density at radius 1 is 1.06 bits per heavy atom. The zero-order valence-electron chi connectivity index (χ0n) is 10.2. The summed E-state index contributed by atoms with van der Waals surface area (Å²) in [6.07, 6.45) is 0. The van der Waals surface area contributed by atoms with Gasteiger partial charge in [0.2, 0.25) is 0 Å². The number of carbonyl (C=O) groups excluding carboxylic acids is 1. The average Bonchev–Trinajstić information content (AvgIpc) is 2.39. The van der Waals surface area contributed by atoms with Crippen molar-refractivity contribution >= 4 is 17.4 Å². The third-order valence-corrected chi connectivity index (χ3v) is 3.03. The Morgan fingerprint density at radius 3 is 2.28 bits per heavy atom. The lowest BCUT2D eigenvalue weighted by atomic mass is 10.0. The molecule has 0 amide bonds. The van der Waals surface area contributed by atoms with Gasteiger partial charge in [0.1, 0.15) is 5.75 Å². The van der Waals surface area contributed by atoms with Crippen molar-refractivity contribution in [1.29, 1.82) is 0 Å². The molecular formula is C15H13ClO2. The molecule has 3 heteroatoms. The topological polar surface area (TPSA) is 26.3 Å². The number of aryl methyl sites for hydroxylation is 1. The minimum atomic E-state index is -0.0371. The van der Waals surface area contributed by atoms with Crippen LogP contribution in [0.3, 0.4) is 0 Å². The molecule has 0 aliphatic rings. The number of hydrogen-bond donors (Lipinski definition) is 0. The SMILES string of the molecule is COc1cc(C(=O)c2ccc(Cl)cc2)ccc1C. The maximum atomic E-state index is 12.2. The quantitative estimate of drug-likeness (QED) is 0.783. The van der Waals surface area contributed by atoms with Crippen LogP contribution >= 0.6 is 11.6 Å². The third-order valence-electron chi connectivity index (χ3n) is 2.78. The second-order valence-corrected chi connectivity index (χ2v) is 4.46. The zero-order valence-corrected chi connectivity index (χ0v) is 11.0. The molecule has 0 radical (unpaired) electrons. The van der Waals surface area contributed by atoms with Crippen LogP contribution in [0.15, 0.2) is 42.5 Å². The van der Waals surface area contributed by atoms with E-state index < -0.39 is 0 Å². The molecule has 0 aromatic heterocycles. The van der Waals surface area contributed by atoms with Gasteiger partial charge >= 0.3 is 0 Å². The Kier molecular flexibility index (Phi) is 3.68. The smallest absolute Gasteiger partial charge is 0.193 e. The normalized spacial score (nSPS) is 10.2. The first-order chi connectivity index (χ1) is 8.61. The number of carbonyl (C=O) groups is 1. The van der Waals surface area contributed by atoms with Crippen molar-refractivity contribution < 1.29 is 9.53 Å². The van der Waals surface area contributed by atoms with Crippen LogP contribution in [0.5, 0.6) is 5.75 Å². The maximum absolute atomic E-state index is 12.2. The first-order valence-corrected chi connectivity index (χ1v) is 5.94. The van der Waals surface area contributed by atoms with E-state index in [2.05, 4.69) is 0 Å². The van der Waals surface area contributed by atoms with Crippen LogP contribution in [0.1, 0.15) is 21.5 Å². The number of hydrogen-bond acceptors (Lipinski definition) is 2. The number of ether oxygens (including phenoxy) is 1. The minimum absolute atomic E-state index is 0.0371. The first kappa shape index (κ1) is 12.7. The van der Waals surface area contributed by atoms with Gasteiger partial charge in [-0.2, -0.15) is 0 Å². The molecular weight excluding hydrogens is 248 g/mol. The van der Waals surface area contributed by atoms with Crippen LogP contribution in [-0.2, 0) is 0 Å². The Labute approximate surface area is 111 Å². The minimum Gasteiger partial charge on any atom is -0.496 e. The lowest BCUT2D eigenvalue weighted by molar-refractivity contribution is 0.103. The van der Waals surface area contributed by atoms with Crippen molar-refractivity contribution in [1.82, 2.24) is 0 Å². The van der Waals surface area contributed by atoms with Gasteiger partial charge in [0.05, 0.1) is 7.11 Å². The fraction of sp³-hybridized carbons (Fsp3) is 0.133. The summed E-state index contributed by atoms with van der Waals surface area (Å²) in [5.74, 6) is 0.680. The van der Waals surface area contributed by atoms with E-state index in [9.17, 15) is 4.79 Å². The molecule has 2 nitrogen and oxygen atoms in total. The molecule has 0 aliphatic heterocycles. The highest BCUT2D eigenvalue weighted by Gasteiger charge is 2.10. The molecule has 92 valence electrons. The molecule has 2 aromatic rings. The van der Waals surface area contributed by atoms with Crippen molar-refractivity contribution in [3.63, 3.8) is 0 Å². The third kappa shape index (κ3) is 2.54. The fourth-order valence-corrected chi connectivity index (χ4v) is 1.86. The van der Waals surface area contributed by atoms with Gasteiger partial charge in [-0.25, -0.2) is 0 Å². The molecule has 0 atom stereocenters. The average molecular weight is 261 g/mol. The Bertz CT molecular complexity index is 574. The highest BCUT2D eigenvalue weighted by atomic mass is 35.5. The summed E-state index contributed by atoms with van der Waals surface area (Å²) in [6.45, 7) is 1.94. The summed E-state index contributed by atoms with van der Waals surface area (Å²) in [5, 5.41) is 0.619. The molecule has 2 rings (SSSR count). The van der Waals surface area contributed by atoms with E-state index in [1.165, 1.54) is 0 Å². The second-order valence-electron chi connectivity index (χ2n) is 4.02. The van der Waals surface area contributed by atoms with Gasteiger partial charge < -0.3 is 4.74 Å². The van der Waals surface area contributed by atoms with Gasteiger partial charge in [-0.3, -0.25) is 4.79 Å². The monoisotopic (exact) mass is 260 g/mol. The van der Waals surface area contributed by atoms with Crippen molar-refractivity contribution in [2.45, 2.75) is 6.92 Å². The molecule has 0 heterocycles. The van der Waals surface area contributed by atoms with Gasteiger partial charge in [0.15, 0.2) is 5.78 Å². The molecule has 0 saturated carbocycles. The summed E-state index contributed by atoms with van der Waals surface area (Å²) >= 11 is 5.80. The molecule has 0 N–H and O–H groups in total. The van der Waals surface area contributed by atoms with Crippen molar-refractivity contribution in [2.75, 3.05) is 7.11 Å².